The summed E-state index contributed by atoms with van der Waals surface area (Å²) < 4.78 is 25.7. The standard InChI is InChI=1S/C10H20N4O2S/c1-2-11-5-3-7-17(15,16)14-6-4-10-8-12-9-13-10/h8-9,11,14H,2-7H2,1H3,(H,12,13). The third-order valence-electron chi connectivity index (χ3n) is 2.29. The van der Waals surface area contributed by atoms with Gasteiger partial charge in [-0.25, -0.2) is 18.1 Å². The third-order valence-corrected chi connectivity index (χ3v) is 3.76. The van der Waals surface area contributed by atoms with Crippen LogP contribution in [0.15, 0.2) is 12.5 Å². The number of rotatable bonds is 9. The van der Waals surface area contributed by atoms with Crippen molar-refractivity contribution in [3.63, 3.8) is 0 Å². The van der Waals surface area contributed by atoms with Crippen molar-refractivity contribution in [2.24, 2.45) is 0 Å². The van der Waals surface area contributed by atoms with Crippen LogP contribution in [0.3, 0.4) is 0 Å². The van der Waals surface area contributed by atoms with E-state index >= 15 is 0 Å². The van der Waals surface area contributed by atoms with Crippen molar-refractivity contribution in [1.29, 1.82) is 0 Å². The second-order valence-corrected chi connectivity index (χ2v) is 5.67. The van der Waals surface area contributed by atoms with Crippen LogP contribution in [-0.2, 0) is 16.4 Å². The lowest BCUT2D eigenvalue weighted by Crippen LogP contribution is -2.30. The van der Waals surface area contributed by atoms with Gasteiger partial charge in [-0.2, -0.15) is 0 Å². The number of nitrogens with zero attached hydrogens (tertiary/aromatic N) is 1. The van der Waals surface area contributed by atoms with Gasteiger partial charge < -0.3 is 10.3 Å². The fourth-order valence-corrected chi connectivity index (χ4v) is 2.48. The summed E-state index contributed by atoms with van der Waals surface area (Å²) in [6, 6.07) is 0. The highest BCUT2D eigenvalue weighted by Crippen LogP contribution is 1.93. The molecule has 0 aromatic carbocycles. The molecule has 0 unspecified atom stereocenters. The molecule has 0 saturated carbocycles. The average Bonchev–Trinajstić information content (AvgIpc) is 2.77. The first-order valence-electron chi connectivity index (χ1n) is 5.79. The Kier molecular flexibility index (Phi) is 6.17. The molecule has 1 rings (SSSR count). The number of aromatic amines is 1. The molecule has 0 atom stereocenters. The van der Waals surface area contributed by atoms with Crippen molar-refractivity contribution in [3.05, 3.63) is 18.2 Å². The van der Waals surface area contributed by atoms with E-state index in [2.05, 4.69) is 20.0 Å². The Balaban J connectivity index is 2.16. The van der Waals surface area contributed by atoms with Crippen LogP contribution in [0.25, 0.3) is 0 Å². The van der Waals surface area contributed by atoms with Gasteiger partial charge in [-0.3, -0.25) is 0 Å². The van der Waals surface area contributed by atoms with Crippen LogP contribution in [0, 0.1) is 0 Å². The van der Waals surface area contributed by atoms with Gasteiger partial charge in [0.2, 0.25) is 10.0 Å². The lowest BCUT2D eigenvalue weighted by atomic mass is 10.3. The van der Waals surface area contributed by atoms with E-state index in [1.807, 2.05) is 6.92 Å². The minimum atomic E-state index is -3.14. The molecular formula is C10H20N4O2S. The highest BCUT2D eigenvalue weighted by Gasteiger charge is 2.08. The molecule has 1 heterocycles. The maximum absolute atomic E-state index is 11.6. The fraction of sp³-hybridized carbons (Fsp3) is 0.700. The van der Waals surface area contributed by atoms with Crippen molar-refractivity contribution >= 4 is 10.0 Å². The van der Waals surface area contributed by atoms with Crippen LogP contribution in [0.5, 0.6) is 0 Å². The number of hydrogen-bond donors (Lipinski definition) is 3. The summed E-state index contributed by atoms with van der Waals surface area (Å²) in [5, 5.41) is 3.09. The number of nitrogens with one attached hydrogen (secondary N) is 3. The SMILES string of the molecule is CCNCCCS(=O)(=O)NCCc1cnc[nH]1. The number of aromatic nitrogens is 2. The number of sulfonamides is 1. The normalized spacial score (nSPS) is 11.8. The van der Waals surface area contributed by atoms with Gasteiger partial charge in [0.25, 0.3) is 0 Å². The molecule has 0 saturated heterocycles. The lowest BCUT2D eigenvalue weighted by Gasteiger charge is -2.06. The molecule has 1 aromatic rings. The molecule has 0 aliphatic heterocycles. The minimum absolute atomic E-state index is 0.170. The number of imidazole rings is 1. The van der Waals surface area contributed by atoms with Gasteiger partial charge in [0.15, 0.2) is 0 Å². The van der Waals surface area contributed by atoms with Gasteiger partial charge >= 0.3 is 0 Å². The van der Waals surface area contributed by atoms with Gasteiger partial charge in [-0.05, 0) is 19.5 Å². The van der Waals surface area contributed by atoms with E-state index in [0.717, 1.165) is 18.8 Å². The van der Waals surface area contributed by atoms with Gasteiger partial charge in [0, 0.05) is 24.9 Å². The second-order valence-electron chi connectivity index (χ2n) is 3.75. The van der Waals surface area contributed by atoms with Crippen LogP contribution in [-0.4, -0.2) is 43.8 Å². The molecule has 0 bridgehead atoms. The van der Waals surface area contributed by atoms with E-state index in [0.29, 0.717) is 19.4 Å². The number of hydrogen-bond acceptors (Lipinski definition) is 4. The maximum atomic E-state index is 11.6. The summed E-state index contributed by atoms with van der Waals surface area (Å²) >= 11 is 0. The average molecular weight is 260 g/mol. The van der Waals surface area contributed by atoms with Crippen LogP contribution in [0.2, 0.25) is 0 Å². The molecule has 0 fully saturated rings. The van der Waals surface area contributed by atoms with E-state index < -0.39 is 10.0 Å². The van der Waals surface area contributed by atoms with Gasteiger partial charge in [0.1, 0.15) is 0 Å². The lowest BCUT2D eigenvalue weighted by molar-refractivity contribution is 0.575. The second kappa shape index (κ2) is 7.41. The van der Waals surface area contributed by atoms with Crippen molar-refractivity contribution in [2.75, 3.05) is 25.4 Å². The highest BCUT2D eigenvalue weighted by molar-refractivity contribution is 7.89. The molecule has 17 heavy (non-hydrogen) atoms. The first-order valence-corrected chi connectivity index (χ1v) is 7.44. The molecule has 1 aromatic heterocycles. The molecular weight excluding hydrogens is 240 g/mol. The molecule has 0 amide bonds. The van der Waals surface area contributed by atoms with Crippen molar-refractivity contribution in [1.82, 2.24) is 20.0 Å². The summed E-state index contributed by atoms with van der Waals surface area (Å²) in [7, 11) is -3.14. The Morgan fingerprint density at radius 3 is 2.88 bits per heavy atom. The largest absolute Gasteiger partial charge is 0.348 e. The van der Waals surface area contributed by atoms with Crippen LogP contribution >= 0.6 is 0 Å². The van der Waals surface area contributed by atoms with Gasteiger partial charge in [0.05, 0.1) is 12.1 Å². The molecule has 98 valence electrons. The van der Waals surface area contributed by atoms with Crippen LogP contribution in [0.4, 0.5) is 0 Å². The summed E-state index contributed by atoms with van der Waals surface area (Å²) in [5.74, 6) is 0.170. The Hall–Kier alpha value is -0.920. The topological polar surface area (TPSA) is 86.9 Å². The summed E-state index contributed by atoms with van der Waals surface area (Å²) in [4.78, 5) is 6.79. The van der Waals surface area contributed by atoms with E-state index in [9.17, 15) is 8.42 Å². The van der Waals surface area contributed by atoms with Crippen LogP contribution in [0.1, 0.15) is 19.0 Å². The van der Waals surface area contributed by atoms with Crippen molar-refractivity contribution in [2.45, 2.75) is 19.8 Å². The predicted octanol–water partition coefficient (Wildman–Crippen LogP) is -0.129. The summed E-state index contributed by atoms with van der Waals surface area (Å²) in [5.41, 5.74) is 0.931. The molecule has 3 N–H and O–H groups in total. The van der Waals surface area contributed by atoms with Crippen LogP contribution < -0.4 is 10.0 Å². The smallest absolute Gasteiger partial charge is 0.211 e. The van der Waals surface area contributed by atoms with Gasteiger partial charge in [-0.1, -0.05) is 6.92 Å². The van der Waals surface area contributed by atoms with Crippen molar-refractivity contribution < 1.29 is 8.42 Å². The Morgan fingerprint density at radius 1 is 1.41 bits per heavy atom. The predicted molar refractivity (Wildman–Crippen MR) is 67.2 cm³/mol. The summed E-state index contributed by atoms with van der Waals surface area (Å²) in [6.07, 6.45) is 4.54. The van der Waals surface area contributed by atoms with E-state index in [1.54, 1.807) is 12.5 Å². The maximum Gasteiger partial charge on any atom is 0.211 e. The highest BCUT2D eigenvalue weighted by atomic mass is 32.2. The molecule has 7 heteroatoms. The zero-order valence-corrected chi connectivity index (χ0v) is 10.9. The fourth-order valence-electron chi connectivity index (χ4n) is 1.40. The third kappa shape index (κ3) is 6.40. The Bertz CT molecular complexity index is 388. The Morgan fingerprint density at radius 2 is 2.24 bits per heavy atom. The first kappa shape index (κ1) is 14.1. The monoisotopic (exact) mass is 260 g/mol. The summed E-state index contributed by atoms with van der Waals surface area (Å²) in [6.45, 7) is 4.01. The molecule has 0 aliphatic rings. The molecule has 0 spiro atoms. The quantitative estimate of drug-likeness (QED) is 0.540. The van der Waals surface area contributed by atoms with E-state index in [4.69, 9.17) is 0 Å². The Labute approximate surface area is 102 Å². The molecule has 6 nitrogen and oxygen atoms in total. The minimum Gasteiger partial charge on any atom is -0.348 e. The van der Waals surface area contributed by atoms with E-state index in [-0.39, 0.29) is 5.75 Å². The first-order chi connectivity index (χ1) is 8.14. The van der Waals surface area contributed by atoms with Gasteiger partial charge in [-0.15, -0.1) is 0 Å². The van der Waals surface area contributed by atoms with Crippen molar-refractivity contribution in [3.8, 4) is 0 Å². The zero-order chi connectivity index (χ0) is 12.6. The number of H-pyrrole nitrogens is 1. The zero-order valence-electron chi connectivity index (χ0n) is 10.1. The van der Waals surface area contributed by atoms with E-state index in [1.165, 1.54) is 0 Å². The molecule has 0 aliphatic carbocycles. The molecule has 0 radical (unpaired) electrons.